The summed E-state index contributed by atoms with van der Waals surface area (Å²) in [5.74, 6) is -1.13. The van der Waals surface area contributed by atoms with Gasteiger partial charge in [-0.2, -0.15) is 0 Å². The van der Waals surface area contributed by atoms with Gasteiger partial charge in [-0.05, 0) is 37.3 Å². The Kier molecular flexibility index (Phi) is 5.65. The van der Waals surface area contributed by atoms with Crippen LogP contribution in [0.25, 0.3) is 0 Å². The third kappa shape index (κ3) is 4.39. The van der Waals surface area contributed by atoms with Gasteiger partial charge in [0.05, 0.1) is 12.8 Å². The highest BCUT2D eigenvalue weighted by Crippen LogP contribution is 2.27. The minimum Gasteiger partial charge on any atom is -0.507 e. The molecule has 0 radical (unpaired) electrons. The van der Waals surface area contributed by atoms with Gasteiger partial charge in [0.2, 0.25) is 0 Å². The molecule has 0 heterocycles. The Morgan fingerprint density at radius 2 is 1.96 bits per heavy atom. The lowest BCUT2D eigenvalue weighted by Gasteiger charge is -2.11. The minimum atomic E-state index is -0.788. The minimum absolute atomic E-state index is 0.00290. The molecule has 126 valence electrons. The summed E-state index contributed by atoms with van der Waals surface area (Å²) in [6.07, 6.45) is 0. The summed E-state index contributed by atoms with van der Waals surface area (Å²) < 4.78 is 10.0. The molecular formula is C17H16ClNO5. The number of esters is 1. The van der Waals surface area contributed by atoms with E-state index < -0.39 is 18.5 Å². The maximum Gasteiger partial charge on any atom is 0.342 e. The van der Waals surface area contributed by atoms with Crippen molar-refractivity contribution >= 4 is 29.2 Å². The van der Waals surface area contributed by atoms with Crippen molar-refractivity contribution < 1.29 is 24.2 Å². The van der Waals surface area contributed by atoms with Gasteiger partial charge in [0.1, 0.15) is 17.1 Å². The van der Waals surface area contributed by atoms with Crippen LogP contribution in [0.1, 0.15) is 15.9 Å². The Morgan fingerprint density at radius 3 is 2.67 bits per heavy atom. The van der Waals surface area contributed by atoms with Gasteiger partial charge in [-0.25, -0.2) is 4.79 Å². The van der Waals surface area contributed by atoms with Gasteiger partial charge in [0, 0.05) is 5.02 Å². The average molecular weight is 350 g/mol. The molecule has 0 saturated carbocycles. The van der Waals surface area contributed by atoms with Crippen molar-refractivity contribution in [2.45, 2.75) is 6.92 Å². The molecule has 0 saturated heterocycles. The second kappa shape index (κ2) is 7.70. The number of aryl methyl sites for hydroxylation is 1. The predicted molar refractivity (Wildman–Crippen MR) is 89.8 cm³/mol. The Labute approximate surface area is 144 Å². The van der Waals surface area contributed by atoms with Crippen molar-refractivity contribution in [1.29, 1.82) is 0 Å². The van der Waals surface area contributed by atoms with Crippen molar-refractivity contribution in [3.8, 4) is 11.5 Å². The van der Waals surface area contributed by atoms with Crippen LogP contribution in [0, 0.1) is 6.92 Å². The van der Waals surface area contributed by atoms with E-state index in [1.807, 2.05) is 0 Å². The number of aromatic hydroxyl groups is 1. The molecule has 7 heteroatoms. The first-order valence-corrected chi connectivity index (χ1v) is 7.38. The number of benzene rings is 2. The molecule has 6 nitrogen and oxygen atoms in total. The van der Waals surface area contributed by atoms with Crippen molar-refractivity contribution in [2.24, 2.45) is 0 Å². The number of hydrogen-bond donors (Lipinski definition) is 2. The van der Waals surface area contributed by atoms with Gasteiger partial charge in [0.25, 0.3) is 5.91 Å². The first-order chi connectivity index (χ1) is 11.4. The predicted octanol–water partition coefficient (Wildman–Crippen LogP) is 3.16. The maximum absolute atomic E-state index is 11.9. The number of phenolic OH excluding ortho intramolecular Hbond substituents is 1. The molecule has 0 spiro atoms. The molecule has 1 amide bonds. The molecule has 2 aromatic carbocycles. The van der Waals surface area contributed by atoms with Crippen molar-refractivity contribution in [3.63, 3.8) is 0 Å². The Morgan fingerprint density at radius 1 is 1.21 bits per heavy atom. The van der Waals surface area contributed by atoms with Crippen LogP contribution in [0.4, 0.5) is 5.69 Å². The van der Waals surface area contributed by atoms with E-state index in [4.69, 9.17) is 21.1 Å². The molecule has 0 bridgehead atoms. The summed E-state index contributed by atoms with van der Waals surface area (Å²) in [7, 11) is 1.46. The summed E-state index contributed by atoms with van der Waals surface area (Å²) >= 11 is 5.88. The second-order valence-corrected chi connectivity index (χ2v) is 5.43. The van der Waals surface area contributed by atoms with Gasteiger partial charge in [-0.15, -0.1) is 0 Å². The van der Waals surface area contributed by atoms with Gasteiger partial charge in [-0.1, -0.05) is 23.2 Å². The summed E-state index contributed by atoms with van der Waals surface area (Å²) in [4.78, 5) is 23.9. The van der Waals surface area contributed by atoms with Crippen LogP contribution in [0.15, 0.2) is 36.4 Å². The van der Waals surface area contributed by atoms with Crippen LogP contribution in [-0.4, -0.2) is 30.7 Å². The highest BCUT2D eigenvalue weighted by Gasteiger charge is 2.15. The number of ether oxygens (including phenoxy) is 2. The number of rotatable bonds is 5. The Balaban J connectivity index is 2.00. The SMILES string of the molecule is COc1ccc(Cl)cc1NC(=O)COC(=O)c1cc(C)ccc1O. The fourth-order valence-corrected chi connectivity index (χ4v) is 2.16. The van der Waals surface area contributed by atoms with Crippen LogP contribution in [0.3, 0.4) is 0 Å². The van der Waals surface area contributed by atoms with Crippen molar-refractivity contribution in [2.75, 3.05) is 19.0 Å². The maximum atomic E-state index is 11.9. The molecule has 0 aliphatic carbocycles. The number of carbonyl (C=O) groups is 2. The Bertz CT molecular complexity index is 776. The van der Waals surface area contributed by atoms with Crippen LogP contribution in [-0.2, 0) is 9.53 Å². The van der Waals surface area contributed by atoms with Crippen LogP contribution >= 0.6 is 11.6 Å². The number of methoxy groups -OCH3 is 1. The zero-order valence-corrected chi connectivity index (χ0v) is 13.9. The highest BCUT2D eigenvalue weighted by atomic mass is 35.5. The zero-order chi connectivity index (χ0) is 17.7. The van der Waals surface area contributed by atoms with Crippen molar-refractivity contribution in [3.05, 3.63) is 52.5 Å². The lowest BCUT2D eigenvalue weighted by Crippen LogP contribution is -2.21. The van der Waals surface area contributed by atoms with Gasteiger partial charge < -0.3 is 19.9 Å². The molecule has 0 atom stereocenters. The van der Waals surface area contributed by atoms with E-state index in [1.54, 1.807) is 25.1 Å². The summed E-state index contributed by atoms with van der Waals surface area (Å²) in [6.45, 7) is 1.26. The van der Waals surface area contributed by atoms with E-state index in [-0.39, 0.29) is 11.3 Å². The molecular weight excluding hydrogens is 334 g/mol. The van der Waals surface area contributed by atoms with Gasteiger partial charge in [0.15, 0.2) is 6.61 Å². The fourth-order valence-electron chi connectivity index (χ4n) is 1.99. The molecule has 2 N–H and O–H groups in total. The average Bonchev–Trinajstić information content (AvgIpc) is 2.55. The second-order valence-electron chi connectivity index (χ2n) is 4.99. The fraction of sp³-hybridized carbons (Fsp3) is 0.176. The number of amides is 1. The van der Waals surface area contributed by atoms with E-state index in [9.17, 15) is 14.7 Å². The summed E-state index contributed by atoms with van der Waals surface area (Å²) in [5, 5.41) is 12.6. The van der Waals surface area contributed by atoms with E-state index in [0.717, 1.165) is 5.56 Å². The van der Waals surface area contributed by atoms with E-state index in [0.29, 0.717) is 16.5 Å². The third-order valence-corrected chi connectivity index (χ3v) is 3.38. The third-order valence-electron chi connectivity index (χ3n) is 3.14. The topological polar surface area (TPSA) is 84.9 Å². The lowest BCUT2D eigenvalue weighted by atomic mass is 10.1. The zero-order valence-electron chi connectivity index (χ0n) is 13.1. The molecule has 0 fully saturated rings. The smallest absolute Gasteiger partial charge is 0.342 e. The standard InChI is InChI=1S/C17H16ClNO5/c1-10-3-5-14(20)12(7-10)17(22)24-9-16(21)19-13-8-11(18)4-6-15(13)23-2/h3-8,20H,9H2,1-2H3,(H,19,21). The van der Waals surface area contributed by atoms with Crippen molar-refractivity contribution in [1.82, 2.24) is 0 Å². The molecule has 24 heavy (non-hydrogen) atoms. The number of hydrogen-bond acceptors (Lipinski definition) is 5. The quantitative estimate of drug-likeness (QED) is 0.810. The first-order valence-electron chi connectivity index (χ1n) is 7.01. The molecule has 0 aromatic heterocycles. The Hall–Kier alpha value is -2.73. The first kappa shape index (κ1) is 17.6. The van der Waals surface area contributed by atoms with E-state index >= 15 is 0 Å². The highest BCUT2D eigenvalue weighted by molar-refractivity contribution is 6.31. The van der Waals surface area contributed by atoms with Gasteiger partial charge >= 0.3 is 5.97 Å². The largest absolute Gasteiger partial charge is 0.507 e. The number of phenols is 1. The molecule has 0 aliphatic heterocycles. The van der Waals surface area contributed by atoms with E-state index in [1.165, 1.54) is 25.3 Å². The van der Waals surface area contributed by atoms with Crippen LogP contribution in [0.2, 0.25) is 5.02 Å². The van der Waals surface area contributed by atoms with Crippen LogP contribution < -0.4 is 10.1 Å². The monoisotopic (exact) mass is 349 g/mol. The molecule has 2 rings (SSSR count). The molecule has 2 aromatic rings. The number of nitrogens with one attached hydrogen (secondary N) is 1. The molecule has 0 aliphatic rings. The summed E-state index contributed by atoms with van der Waals surface area (Å²) in [6, 6.07) is 9.28. The summed E-state index contributed by atoms with van der Waals surface area (Å²) in [5.41, 5.74) is 1.15. The number of carbonyl (C=O) groups excluding carboxylic acids is 2. The van der Waals surface area contributed by atoms with Crippen LogP contribution in [0.5, 0.6) is 11.5 Å². The number of halogens is 1. The normalized spacial score (nSPS) is 10.1. The van der Waals surface area contributed by atoms with Gasteiger partial charge in [-0.3, -0.25) is 4.79 Å². The lowest BCUT2D eigenvalue weighted by molar-refractivity contribution is -0.119. The number of anilines is 1. The molecule has 0 unspecified atom stereocenters. The van der Waals surface area contributed by atoms with E-state index in [2.05, 4.69) is 5.32 Å².